The molecule has 0 unspecified atom stereocenters. The van der Waals surface area contributed by atoms with Gasteiger partial charge in [-0.2, -0.15) is 0 Å². The van der Waals surface area contributed by atoms with Crippen LogP contribution in [0, 0.1) is 0 Å². The zero-order chi connectivity index (χ0) is 23.2. The molecule has 0 fully saturated rings. The number of fused-ring (bicyclic) bond motifs is 2. The molecule has 0 bridgehead atoms. The standard InChI is InChI=1S/C25H28N6OS/c1-25(2,30(3)4)24(32)31-11-8-16(9-12-31)21-14-18-19(7-10-26-23(18)29-21)28-17-5-6-20-22(13-17)33-15-27-20/h5-8,10,13-15H,9,11-12H2,1-4H3,(H2,26,28,29). The molecule has 8 heteroatoms. The molecule has 0 aliphatic carbocycles. The van der Waals surface area contributed by atoms with E-state index in [-0.39, 0.29) is 5.91 Å². The fraction of sp³-hybridized carbons (Fsp3) is 0.320. The number of benzene rings is 1. The van der Waals surface area contributed by atoms with Crippen molar-refractivity contribution in [2.24, 2.45) is 0 Å². The van der Waals surface area contributed by atoms with E-state index in [1.54, 1.807) is 11.3 Å². The number of pyridine rings is 1. The number of hydrogen-bond donors (Lipinski definition) is 2. The van der Waals surface area contributed by atoms with E-state index in [9.17, 15) is 4.79 Å². The molecule has 0 spiro atoms. The minimum absolute atomic E-state index is 0.158. The number of H-pyrrole nitrogens is 1. The van der Waals surface area contributed by atoms with Crippen molar-refractivity contribution in [3.8, 4) is 0 Å². The minimum Gasteiger partial charge on any atom is -0.355 e. The van der Waals surface area contributed by atoms with Crippen molar-refractivity contribution in [2.75, 3.05) is 32.5 Å². The zero-order valence-electron chi connectivity index (χ0n) is 19.3. The number of nitrogens with zero attached hydrogens (tertiary/aromatic N) is 4. The third-order valence-corrected chi connectivity index (χ3v) is 7.42. The molecular formula is C25H28N6OS. The number of anilines is 2. The number of nitrogens with one attached hydrogen (secondary N) is 2. The normalized spacial score (nSPS) is 14.8. The number of amides is 1. The Morgan fingerprint density at radius 1 is 1.21 bits per heavy atom. The fourth-order valence-electron chi connectivity index (χ4n) is 4.07. The lowest BCUT2D eigenvalue weighted by Crippen LogP contribution is -2.54. The summed E-state index contributed by atoms with van der Waals surface area (Å²) in [7, 11) is 3.89. The van der Waals surface area contributed by atoms with E-state index >= 15 is 0 Å². The van der Waals surface area contributed by atoms with Gasteiger partial charge in [-0.15, -0.1) is 11.3 Å². The molecule has 5 rings (SSSR count). The Hall–Kier alpha value is -3.23. The number of likely N-dealkylation sites (N-methyl/N-ethyl adjacent to an activating group) is 1. The first kappa shape index (κ1) is 21.6. The second-order valence-corrected chi connectivity index (χ2v) is 10.0. The van der Waals surface area contributed by atoms with Crippen molar-refractivity contribution in [3.05, 3.63) is 53.8 Å². The van der Waals surface area contributed by atoms with Crippen molar-refractivity contribution in [1.29, 1.82) is 0 Å². The van der Waals surface area contributed by atoms with Gasteiger partial charge in [-0.3, -0.25) is 9.69 Å². The third kappa shape index (κ3) is 4.00. The first-order valence-corrected chi connectivity index (χ1v) is 11.9. The molecule has 0 saturated carbocycles. The van der Waals surface area contributed by atoms with Crippen molar-refractivity contribution >= 4 is 55.4 Å². The molecule has 0 atom stereocenters. The van der Waals surface area contributed by atoms with Crippen LogP contribution in [0.5, 0.6) is 0 Å². The lowest BCUT2D eigenvalue weighted by Gasteiger charge is -2.37. The minimum atomic E-state index is -0.515. The summed E-state index contributed by atoms with van der Waals surface area (Å²) in [5.74, 6) is 0.158. The number of aromatic nitrogens is 3. The van der Waals surface area contributed by atoms with Crippen molar-refractivity contribution < 1.29 is 4.79 Å². The van der Waals surface area contributed by atoms with Gasteiger partial charge in [-0.1, -0.05) is 6.08 Å². The molecule has 0 saturated heterocycles. The van der Waals surface area contributed by atoms with E-state index in [1.807, 2.05) is 67.6 Å². The van der Waals surface area contributed by atoms with E-state index < -0.39 is 5.54 Å². The van der Waals surface area contributed by atoms with E-state index in [1.165, 1.54) is 5.57 Å². The molecule has 1 amide bonds. The topological polar surface area (TPSA) is 77.2 Å². The highest BCUT2D eigenvalue weighted by Gasteiger charge is 2.34. The second-order valence-electron chi connectivity index (χ2n) is 9.15. The largest absolute Gasteiger partial charge is 0.355 e. The fourth-order valence-corrected chi connectivity index (χ4v) is 4.79. The maximum atomic E-state index is 13.0. The summed E-state index contributed by atoms with van der Waals surface area (Å²) >= 11 is 1.64. The van der Waals surface area contributed by atoms with E-state index in [4.69, 9.17) is 0 Å². The van der Waals surface area contributed by atoms with Crippen LogP contribution in [-0.4, -0.2) is 63.4 Å². The summed E-state index contributed by atoms with van der Waals surface area (Å²) in [6.45, 7) is 5.28. The van der Waals surface area contributed by atoms with Gasteiger partial charge in [0.15, 0.2) is 0 Å². The Balaban J connectivity index is 1.38. The number of rotatable bonds is 5. The van der Waals surface area contributed by atoms with Gasteiger partial charge in [0, 0.05) is 36.1 Å². The average Bonchev–Trinajstić information content (AvgIpc) is 3.46. The Kier molecular flexibility index (Phi) is 5.42. The molecule has 1 aliphatic heterocycles. The Bertz CT molecular complexity index is 1370. The summed E-state index contributed by atoms with van der Waals surface area (Å²) in [5.41, 5.74) is 7.52. The summed E-state index contributed by atoms with van der Waals surface area (Å²) in [5, 5.41) is 4.58. The average molecular weight is 461 g/mol. The summed E-state index contributed by atoms with van der Waals surface area (Å²) in [6.07, 6.45) is 4.78. The lowest BCUT2D eigenvalue weighted by atomic mass is 9.99. The van der Waals surface area contributed by atoms with E-state index in [0.29, 0.717) is 13.1 Å². The SMILES string of the molecule is CN(C)C(C)(C)C(=O)N1CC=C(c2cc3c(Nc4ccc5ncsc5c4)ccnc3[nH]2)CC1. The van der Waals surface area contributed by atoms with Crippen LogP contribution < -0.4 is 5.32 Å². The predicted octanol–water partition coefficient (Wildman–Crippen LogP) is 4.87. The Morgan fingerprint density at radius 2 is 2.06 bits per heavy atom. The highest BCUT2D eigenvalue weighted by atomic mass is 32.1. The summed E-state index contributed by atoms with van der Waals surface area (Å²) in [6, 6.07) is 10.4. The van der Waals surface area contributed by atoms with Crippen LogP contribution in [0.3, 0.4) is 0 Å². The van der Waals surface area contributed by atoms with Crippen LogP contribution >= 0.6 is 11.3 Å². The molecule has 33 heavy (non-hydrogen) atoms. The Labute approximate surface area is 197 Å². The third-order valence-electron chi connectivity index (χ3n) is 6.63. The Morgan fingerprint density at radius 3 is 2.82 bits per heavy atom. The number of carbonyl (C=O) groups excluding carboxylic acids is 1. The summed E-state index contributed by atoms with van der Waals surface area (Å²) < 4.78 is 1.16. The van der Waals surface area contributed by atoms with Crippen LogP contribution in [0.25, 0.3) is 26.8 Å². The lowest BCUT2D eigenvalue weighted by molar-refractivity contribution is -0.140. The van der Waals surface area contributed by atoms with Crippen molar-refractivity contribution in [3.63, 3.8) is 0 Å². The molecule has 4 heterocycles. The molecule has 1 aliphatic rings. The number of aromatic amines is 1. The van der Waals surface area contributed by atoms with Gasteiger partial charge in [-0.25, -0.2) is 9.97 Å². The van der Waals surface area contributed by atoms with Crippen molar-refractivity contribution in [1.82, 2.24) is 24.8 Å². The highest BCUT2D eigenvalue weighted by Crippen LogP contribution is 2.32. The quantitative estimate of drug-likeness (QED) is 0.444. The van der Waals surface area contributed by atoms with Gasteiger partial charge in [0.25, 0.3) is 0 Å². The van der Waals surface area contributed by atoms with E-state index in [2.05, 4.69) is 38.5 Å². The molecule has 0 radical (unpaired) electrons. The van der Waals surface area contributed by atoms with Crippen LogP contribution in [-0.2, 0) is 4.79 Å². The summed E-state index contributed by atoms with van der Waals surface area (Å²) in [4.78, 5) is 29.2. The maximum absolute atomic E-state index is 13.0. The van der Waals surface area contributed by atoms with Gasteiger partial charge in [0.2, 0.25) is 5.91 Å². The van der Waals surface area contributed by atoms with Gasteiger partial charge in [-0.05, 0) is 70.3 Å². The molecule has 4 aromatic rings. The maximum Gasteiger partial charge on any atom is 0.242 e. The molecule has 1 aromatic carbocycles. The smallest absolute Gasteiger partial charge is 0.242 e. The van der Waals surface area contributed by atoms with Gasteiger partial charge in [0.1, 0.15) is 5.65 Å². The first-order chi connectivity index (χ1) is 15.8. The van der Waals surface area contributed by atoms with Crippen molar-refractivity contribution in [2.45, 2.75) is 25.8 Å². The van der Waals surface area contributed by atoms with Gasteiger partial charge in [0.05, 0.1) is 27.0 Å². The number of hydrogen-bond acceptors (Lipinski definition) is 6. The molecule has 7 nitrogen and oxygen atoms in total. The monoisotopic (exact) mass is 460 g/mol. The van der Waals surface area contributed by atoms with Crippen LogP contribution in [0.4, 0.5) is 11.4 Å². The van der Waals surface area contributed by atoms with Crippen LogP contribution in [0.2, 0.25) is 0 Å². The van der Waals surface area contributed by atoms with Crippen LogP contribution in [0.15, 0.2) is 48.1 Å². The zero-order valence-corrected chi connectivity index (χ0v) is 20.2. The second kappa shape index (κ2) is 8.28. The van der Waals surface area contributed by atoms with Gasteiger partial charge >= 0.3 is 0 Å². The van der Waals surface area contributed by atoms with Gasteiger partial charge < -0.3 is 15.2 Å². The predicted molar refractivity (Wildman–Crippen MR) is 136 cm³/mol. The number of carbonyl (C=O) groups is 1. The molecule has 170 valence electrons. The molecular weight excluding hydrogens is 432 g/mol. The first-order valence-electron chi connectivity index (χ1n) is 11.1. The van der Waals surface area contributed by atoms with E-state index in [0.717, 1.165) is 44.7 Å². The molecule has 2 N–H and O–H groups in total. The molecule has 3 aromatic heterocycles. The number of thiazole rings is 1. The van der Waals surface area contributed by atoms with Crippen LogP contribution in [0.1, 0.15) is 26.0 Å². The highest BCUT2D eigenvalue weighted by molar-refractivity contribution is 7.16.